The number of carbonyl (C=O) groups excluding carboxylic acids is 1. The number of esters is 1. The van der Waals surface area contributed by atoms with Gasteiger partial charge in [-0.25, -0.2) is 0 Å². The van der Waals surface area contributed by atoms with E-state index in [1.165, 1.54) is 0 Å². The van der Waals surface area contributed by atoms with Gasteiger partial charge in [-0.1, -0.05) is 23.7 Å². The van der Waals surface area contributed by atoms with Crippen LogP contribution in [0, 0.1) is 0 Å². The number of ether oxygens (including phenoxy) is 2. The summed E-state index contributed by atoms with van der Waals surface area (Å²) >= 11 is 5.84. The minimum Gasteiger partial charge on any atom is -0.494 e. The van der Waals surface area contributed by atoms with Crippen molar-refractivity contribution in [2.75, 3.05) is 6.61 Å². The van der Waals surface area contributed by atoms with Gasteiger partial charge in [-0.05, 0) is 51.0 Å². The molecule has 0 aliphatic carbocycles. The average molecular weight is 349 g/mol. The van der Waals surface area contributed by atoms with Crippen LogP contribution in [0.3, 0.4) is 0 Å². The Morgan fingerprint density at radius 1 is 1.17 bits per heavy atom. The molecule has 5 nitrogen and oxygen atoms in total. The largest absolute Gasteiger partial charge is 0.494 e. The number of hydrogen-bond acceptors (Lipinski definition) is 5. The van der Waals surface area contributed by atoms with Gasteiger partial charge in [0.2, 0.25) is 0 Å². The van der Waals surface area contributed by atoms with Gasteiger partial charge >= 0.3 is 5.97 Å². The van der Waals surface area contributed by atoms with Crippen molar-refractivity contribution in [3.8, 4) is 16.9 Å². The van der Waals surface area contributed by atoms with Crippen LogP contribution in [0.25, 0.3) is 11.1 Å². The second-order valence-corrected chi connectivity index (χ2v) is 6.72. The van der Waals surface area contributed by atoms with Crippen LogP contribution in [-0.2, 0) is 9.53 Å². The van der Waals surface area contributed by atoms with Gasteiger partial charge in [-0.2, -0.15) is 5.10 Å². The summed E-state index contributed by atoms with van der Waals surface area (Å²) in [5.74, 6) is 0.541. The van der Waals surface area contributed by atoms with E-state index >= 15 is 0 Å². The number of aromatic nitrogens is 2. The molecule has 2 aromatic rings. The molecule has 1 aromatic heterocycles. The predicted octanol–water partition coefficient (Wildman–Crippen LogP) is 4.30. The third kappa shape index (κ3) is 6.16. The maximum absolute atomic E-state index is 11.6. The van der Waals surface area contributed by atoms with Gasteiger partial charge in [0.25, 0.3) is 0 Å². The first kappa shape index (κ1) is 18.2. The van der Waals surface area contributed by atoms with Crippen LogP contribution in [0.1, 0.15) is 33.6 Å². The van der Waals surface area contributed by atoms with E-state index in [1.54, 1.807) is 12.3 Å². The van der Waals surface area contributed by atoms with Crippen molar-refractivity contribution in [3.63, 3.8) is 0 Å². The highest BCUT2D eigenvalue weighted by atomic mass is 35.5. The molecule has 2 rings (SSSR count). The monoisotopic (exact) mass is 348 g/mol. The number of nitrogens with zero attached hydrogens (tertiary/aromatic N) is 2. The third-order valence-corrected chi connectivity index (χ3v) is 3.21. The van der Waals surface area contributed by atoms with Crippen LogP contribution < -0.4 is 4.74 Å². The molecule has 0 bridgehead atoms. The summed E-state index contributed by atoms with van der Waals surface area (Å²) in [4.78, 5) is 11.6. The van der Waals surface area contributed by atoms with Crippen molar-refractivity contribution >= 4 is 17.6 Å². The van der Waals surface area contributed by atoms with Gasteiger partial charge in [0.1, 0.15) is 11.4 Å². The molecule has 0 unspecified atom stereocenters. The number of halogens is 1. The average Bonchev–Trinajstić information content (AvgIpc) is 2.50. The zero-order valence-electron chi connectivity index (χ0n) is 14.1. The molecule has 24 heavy (non-hydrogen) atoms. The minimum absolute atomic E-state index is 0.205. The lowest BCUT2D eigenvalue weighted by Crippen LogP contribution is -2.23. The predicted molar refractivity (Wildman–Crippen MR) is 93.1 cm³/mol. The Labute approximate surface area is 147 Å². The summed E-state index contributed by atoms with van der Waals surface area (Å²) in [6.07, 6.45) is 2.61. The Morgan fingerprint density at radius 3 is 2.50 bits per heavy atom. The van der Waals surface area contributed by atoms with Gasteiger partial charge in [0, 0.05) is 12.0 Å². The van der Waals surface area contributed by atoms with Crippen molar-refractivity contribution in [3.05, 3.63) is 41.7 Å². The molecule has 0 saturated heterocycles. The highest BCUT2D eigenvalue weighted by Gasteiger charge is 2.15. The zero-order chi connectivity index (χ0) is 17.6. The number of rotatable bonds is 6. The van der Waals surface area contributed by atoms with E-state index in [1.807, 2.05) is 45.0 Å². The lowest BCUT2D eigenvalue weighted by Gasteiger charge is -2.19. The lowest BCUT2D eigenvalue weighted by atomic mass is 10.1. The molecule has 1 aromatic carbocycles. The lowest BCUT2D eigenvalue weighted by molar-refractivity contribution is -0.155. The van der Waals surface area contributed by atoms with Gasteiger partial charge in [0.15, 0.2) is 5.15 Å². The first-order valence-electron chi connectivity index (χ1n) is 7.77. The highest BCUT2D eigenvalue weighted by Crippen LogP contribution is 2.23. The molecule has 0 aliphatic heterocycles. The van der Waals surface area contributed by atoms with E-state index in [9.17, 15) is 4.79 Å². The quantitative estimate of drug-likeness (QED) is 0.575. The fourth-order valence-corrected chi connectivity index (χ4v) is 2.20. The SMILES string of the molecule is CC(C)(C)OC(=O)CCCOc1ccc(-c2cnnc(Cl)c2)cc1. The molecular formula is C18H21ClN2O3. The van der Waals surface area contributed by atoms with Crippen molar-refractivity contribution in [2.24, 2.45) is 0 Å². The van der Waals surface area contributed by atoms with Crippen LogP contribution in [0.4, 0.5) is 0 Å². The zero-order valence-corrected chi connectivity index (χ0v) is 14.8. The van der Waals surface area contributed by atoms with E-state index in [0.717, 1.165) is 16.9 Å². The van der Waals surface area contributed by atoms with Crippen LogP contribution in [0.5, 0.6) is 5.75 Å². The van der Waals surface area contributed by atoms with Crippen molar-refractivity contribution < 1.29 is 14.3 Å². The topological polar surface area (TPSA) is 61.3 Å². The van der Waals surface area contributed by atoms with Crippen LogP contribution in [0.2, 0.25) is 5.15 Å². The standard InChI is InChI=1S/C18H21ClN2O3/c1-18(2,3)24-17(22)5-4-10-23-15-8-6-13(7-9-15)14-11-16(19)21-20-12-14/h6-9,11-12H,4-5,10H2,1-3H3. The molecule has 0 amide bonds. The van der Waals surface area contributed by atoms with E-state index in [2.05, 4.69) is 10.2 Å². The first-order valence-corrected chi connectivity index (χ1v) is 8.14. The summed E-state index contributed by atoms with van der Waals surface area (Å²) in [6.45, 7) is 6.03. The maximum Gasteiger partial charge on any atom is 0.306 e. The molecule has 0 spiro atoms. The van der Waals surface area contributed by atoms with Gasteiger partial charge in [-0.3, -0.25) is 4.79 Å². The maximum atomic E-state index is 11.6. The van der Waals surface area contributed by atoms with Gasteiger partial charge < -0.3 is 9.47 Å². The molecule has 0 atom stereocenters. The van der Waals surface area contributed by atoms with E-state index < -0.39 is 5.60 Å². The second kappa shape index (κ2) is 8.11. The van der Waals surface area contributed by atoms with Crippen LogP contribution in [0.15, 0.2) is 36.5 Å². The molecule has 0 radical (unpaired) electrons. The summed E-state index contributed by atoms with van der Waals surface area (Å²) in [5.41, 5.74) is 1.43. The Morgan fingerprint density at radius 2 is 1.88 bits per heavy atom. The number of benzene rings is 1. The smallest absolute Gasteiger partial charge is 0.306 e. The summed E-state index contributed by atoms with van der Waals surface area (Å²) in [7, 11) is 0. The summed E-state index contributed by atoms with van der Waals surface area (Å²) < 4.78 is 10.9. The molecule has 1 heterocycles. The van der Waals surface area contributed by atoms with Gasteiger partial charge in [0.05, 0.1) is 12.8 Å². The number of carbonyl (C=O) groups is 1. The van der Waals surface area contributed by atoms with E-state index in [-0.39, 0.29) is 5.97 Å². The second-order valence-electron chi connectivity index (χ2n) is 6.33. The Hall–Kier alpha value is -2.14. The molecule has 0 aliphatic rings. The molecule has 0 fully saturated rings. The molecule has 6 heteroatoms. The summed E-state index contributed by atoms with van der Waals surface area (Å²) in [6, 6.07) is 9.35. The normalized spacial score (nSPS) is 11.2. The van der Waals surface area contributed by atoms with Gasteiger partial charge in [-0.15, -0.1) is 5.10 Å². The minimum atomic E-state index is -0.446. The Kier molecular flexibility index (Phi) is 6.15. The highest BCUT2D eigenvalue weighted by molar-refractivity contribution is 6.29. The number of hydrogen-bond donors (Lipinski definition) is 0. The first-order chi connectivity index (χ1) is 11.3. The Bertz CT molecular complexity index is 681. The molecule has 0 N–H and O–H groups in total. The van der Waals surface area contributed by atoms with E-state index in [4.69, 9.17) is 21.1 Å². The van der Waals surface area contributed by atoms with E-state index in [0.29, 0.717) is 24.6 Å². The Balaban J connectivity index is 1.79. The van der Waals surface area contributed by atoms with Crippen LogP contribution >= 0.6 is 11.6 Å². The molecule has 0 saturated carbocycles. The summed E-state index contributed by atoms with van der Waals surface area (Å²) in [5, 5.41) is 7.91. The van der Waals surface area contributed by atoms with Crippen molar-refractivity contribution in [2.45, 2.75) is 39.2 Å². The van der Waals surface area contributed by atoms with Crippen LogP contribution in [-0.4, -0.2) is 28.4 Å². The fraction of sp³-hybridized carbons (Fsp3) is 0.389. The third-order valence-electron chi connectivity index (χ3n) is 3.03. The fourth-order valence-electron chi connectivity index (χ4n) is 2.04. The molecular weight excluding hydrogens is 328 g/mol. The van der Waals surface area contributed by atoms with Crippen molar-refractivity contribution in [1.29, 1.82) is 0 Å². The van der Waals surface area contributed by atoms with Crippen molar-refractivity contribution in [1.82, 2.24) is 10.2 Å². The molecule has 128 valence electrons.